The Morgan fingerprint density at radius 3 is 2.42 bits per heavy atom. The van der Waals surface area contributed by atoms with Crippen LogP contribution in [0.4, 0.5) is 0 Å². The number of hydrogen-bond donors (Lipinski definition) is 1. The quantitative estimate of drug-likeness (QED) is 0.410. The molecule has 2 aromatic carbocycles. The third kappa shape index (κ3) is 4.65. The van der Waals surface area contributed by atoms with Gasteiger partial charge in [-0.05, 0) is 23.8 Å². The first kappa shape index (κ1) is 20.6. The average Bonchev–Trinajstić information content (AvgIpc) is 3.28. The number of nitrogens with one attached hydrogen (secondary N) is 1. The molecular weight excluding hydrogens is 410 g/mol. The molecule has 33 heavy (non-hydrogen) atoms. The summed E-state index contributed by atoms with van der Waals surface area (Å²) in [5.74, 6) is -0.144. The zero-order chi connectivity index (χ0) is 22.5. The van der Waals surface area contributed by atoms with Gasteiger partial charge in [0.2, 0.25) is 0 Å². The van der Waals surface area contributed by atoms with Crippen LogP contribution < -0.4 is 5.32 Å². The summed E-state index contributed by atoms with van der Waals surface area (Å²) in [4.78, 5) is 22.4. The van der Waals surface area contributed by atoms with E-state index in [9.17, 15) is 4.79 Å². The number of nitrogens with zero attached hydrogens (tertiary/aromatic N) is 4. The minimum absolute atomic E-state index is 0.144. The predicted octanol–water partition coefficient (Wildman–Crippen LogP) is 4.51. The summed E-state index contributed by atoms with van der Waals surface area (Å²) in [5.41, 5.74) is 5.02. The van der Waals surface area contributed by atoms with Gasteiger partial charge in [-0.2, -0.15) is 5.10 Å². The Kier molecular flexibility index (Phi) is 5.89. The summed E-state index contributed by atoms with van der Waals surface area (Å²) in [6.45, 7) is 1.08. The molecule has 1 amide bonds. The van der Waals surface area contributed by atoms with Crippen molar-refractivity contribution in [3.8, 4) is 11.3 Å². The van der Waals surface area contributed by atoms with Crippen molar-refractivity contribution in [2.45, 2.75) is 13.0 Å². The van der Waals surface area contributed by atoms with Crippen molar-refractivity contribution in [2.75, 3.05) is 6.54 Å². The van der Waals surface area contributed by atoms with Gasteiger partial charge >= 0.3 is 0 Å². The predicted molar refractivity (Wildman–Crippen MR) is 129 cm³/mol. The Hall–Kier alpha value is -4.32. The van der Waals surface area contributed by atoms with Crippen molar-refractivity contribution < 1.29 is 4.79 Å². The van der Waals surface area contributed by atoms with Gasteiger partial charge in [-0.25, -0.2) is 9.67 Å². The monoisotopic (exact) mass is 433 g/mol. The molecule has 162 valence electrons. The van der Waals surface area contributed by atoms with Gasteiger partial charge in [-0.15, -0.1) is 0 Å². The van der Waals surface area contributed by atoms with Crippen LogP contribution in [0.2, 0.25) is 0 Å². The minimum Gasteiger partial charge on any atom is -0.352 e. The Morgan fingerprint density at radius 2 is 1.67 bits per heavy atom. The highest BCUT2D eigenvalue weighted by atomic mass is 16.1. The van der Waals surface area contributed by atoms with Crippen LogP contribution >= 0.6 is 0 Å². The van der Waals surface area contributed by atoms with Crippen molar-refractivity contribution in [3.05, 3.63) is 114 Å². The van der Waals surface area contributed by atoms with Crippen molar-refractivity contribution in [3.63, 3.8) is 0 Å². The average molecular weight is 434 g/mol. The molecule has 1 N–H and O–H groups in total. The van der Waals surface area contributed by atoms with E-state index in [2.05, 4.69) is 27.5 Å². The van der Waals surface area contributed by atoms with Crippen LogP contribution in [0.5, 0.6) is 0 Å². The highest BCUT2D eigenvalue weighted by Crippen LogP contribution is 2.25. The van der Waals surface area contributed by atoms with Crippen molar-refractivity contribution in [2.24, 2.45) is 0 Å². The number of amides is 1. The number of carbonyl (C=O) groups is 1. The molecular formula is C27H23N5O. The lowest BCUT2D eigenvalue weighted by molar-refractivity contribution is 0.0955. The molecule has 0 aliphatic heterocycles. The molecule has 0 saturated heterocycles. The standard InChI is InChI=1S/C27H23N5O/c33-27(29-16-14-22-13-7-8-15-28-22)23-17-25(21-11-5-2-6-12-21)31-26-24(23)18-30-32(26)19-20-9-3-1-4-10-20/h1-13,15,17-18H,14,16,19H2,(H,29,33). The molecule has 5 aromatic rings. The van der Waals surface area contributed by atoms with Crippen LogP contribution in [0.3, 0.4) is 0 Å². The molecule has 0 aliphatic carbocycles. The molecule has 6 heteroatoms. The van der Waals surface area contributed by atoms with E-state index < -0.39 is 0 Å². The Labute approximate surface area is 192 Å². The largest absolute Gasteiger partial charge is 0.352 e. The number of fused-ring (bicyclic) bond motifs is 1. The number of rotatable bonds is 7. The zero-order valence-electron chi connectivity index (χ0n) is 18.1. The normalized spacial score (nSPS) is 10.9. The molecule has 0 fully saturated rings. The third-order valence-electron chi connectivity index (χ3n) is 5.49. The molecule has 0 aliphatic rings. The molecule has 3 heterocycles. The molecule has 0 saturated carbocycles. The molecule has 0 radical (unpaired) electrons. The lowest BCUT2D eigenvalue weighted by Crippen LogP contribution is -2.26. The van der Waals surface area contributed by atoms with Crippen LogP contribution in [0.15, 0.2) is 97.3 Å². The van der Waals surface area contributed by atoms with E-state index in [-0.39, 0.29) is 5.91 Å². The first-order valence-corrected chi connectivity index (χ1v) is 10.9. The zero-order valence-corrected chi connectivity index (χ0v) is 18.1. The second-order valence-corrected chi connectivity index (χ2v) is 7.77. The summed E-state index contributed by atoms with van der Waals surface area (Å²) < 4.78 is 1.85. The Balaban J connectivity index is 1.49. The van der Waals surface area contributed by atoms with Crippen molar-refractivity contribution in [1.82, 2.24) is 25.1 Å². The molecule has 5 rings (SSSR count). The van der Waals surface area contributed by atoms with Gasteiger partial charge in [-0.3, -0.25) is 9.78 Å². The van der Waals surface area contributed by atoms with Gasteiger partial charge in [0.15, 0.2) is 5.65 Å². The summed E-state index contributed by atoms with van der Waals surface area (Å²) >= 11 is 0. The second kappa shape index (κ2) is 9.44. The van der Waals surface area contributed by atoms with Gasteiger partial charge in [0.25, 0.3) is 5.91 Å². The highest BCUT2D eigenvalue weighted by molar-refractivity contribution is 6.06. The van der Waals surface area contributed by atoms with Gasteiger partial charge < -0.3 is 5.32 Å². The Morgan fingerprint density at radius 1 is 0.909 bits per heavy atom. The first-order chi connectivity index (χ1) is 16.3. The van der Waals surface area contributed by atoms with E-state index >= 15 is 0 Å². The topological polar surface area (TPSA) is 72.7 Å². The number of pyridine rings is 2. The number of hydrogen-bond acceptors (Lipinski definition) is 4. The molecule has 0 atom stereocenters. The molecule has 6 nitrogen and oxygen atoms in total. The smallest absolute Gasteiger partial charge is 0.252 e. The SMILES string of the molecule is O=C(NCCc1ccccn1)c1cc(-c2ccccc2)nc2c1cnn2Cc1ccccc1. The van der Waals surface area contributed by atoms with Gasteiger partial charge in [-0.1, -0.05) is 66.7 Å². The van der Waals surface area contributed by atoms with E-state index in [0.717, 1.165) is 27.9 Å². The molecule has 0 bridgehead atoms. The number of aromatic nitrogens is 4. The van der Waals surface area contributed by atoms with Crippen molar-refractivity contribution >= 4 is 16.9 Å². The maximum atomic E-state index is 13.2. The van der Waals surface area contributed by atoms with E-state index in [1.165, 1.54) is 0 Å². The van der Waals surface area contributed by atoms with Crippen molar-refractivity contribution in [1.29, 1.82) is 0 Å². The van der Waals surface area contributed by atoms with E-state index in [1.54, 1.807) is 12.4 Å². The first-order valence-electron chi connectivity index (χ1n) is 10.9. The molecule has 0 unspecified atom stereocenters. The van der Waals surface area contributed by atoms with E-state index in [1.807, 2.05) is 77.5 Å². The lowest BCUT2D eigenvalue weighted by Gasteiger charge is -2.10. The minimum atomic E-state index is -0.144. The summed E-state index contributed by atoms with van der Waals surface area (Å²) in [6, 6.07) is 27.6. The number of benzene rings is 2. The van der Waals surface area contributed by atoms with E-state index in [4.69, 9.17) is 4.98 Å². The number of carbonyl (C=O) groups excluding carboxylic acids is 1. The highest BCUT2D eigenvalue weighted by Gasteiger charge is 2.17. The summed E-state index contributed by atoms with van der Waals surface area (Å²) in [5, 5.41) is 8.33. The maximum Gasteiger partial charge on any atom is 0.252 e. The molecule has 3 aromatic heterocycles. The fraction of sp³-hybridized carbons (Fsp3) is 0.111. The fourth-order valence-corrected chi connectivity index (χ4v) is 3.81. The summed E-state index contributed by atoms with van der Waals surface area (Å²) in [6.07, 6.45) is 4.16. The fourth-order valence-electron chi connectivity index (χ4n) is 3.81. The third-order valence-corrected chi connectivity index (χ3v) is 5.49. The second-order valence-electron chi connectivity index (χ2n) is 7.77. The van der Waals surface area contributed by atoms with Crippen LogP contribution in [0, 0.1) is 0 Å². The van der Waals surface area contributed by atoms with Crippen LogP contribution in [0.25, 0.3) is 22.3 Å². The van der Waals surface area contributed by atoms with Crippen LogP contribution in [0.1, 0.15) is 21.6 Å². The van der Waals surface area contributed by atoms with Gasteiger partial charge in [0.05, 0.1) is 29.4 Å². The van der Waals surface area contributed by atoms with Gasteiger partial charge in [0, 0.05) is 30.4 Å². The lowest BCUT2D eigenvalue weighted by atomic mass is 10.1. The Bertz CT molecular complexity index is 1370. The maximum absolute atomic E-state index is 13.2. The van der Waals surface area contributed by atoms with Crippen LogP contribution in [-0.4, -0.2) is 32.2 Å². The van der Waals surface area contributed by atoms with E-state index in [0.29, 0.717) is 30.7 Å². The van der Waals surface area contributed by atoms with Crippen LogP contribution in [-0.2, 0) is 13.0 Å². The van der Waals surface area contributed by atoms with Gasteiger partial charge in [0.1, 0.15) is 0 Å². The molecule has 0 spiro atoms. The summed E-state index contributed by atoms with van der Waals surface area (Å²) in [7, 11) is 0.